The summed E-state index contributed by atoms with van der Waals surface area (Å²) in [6.45, 7) is 0. The van der Waals surface area contributed by atoms with E-state index in [0.29, 0.717) is 5.75 Å². The zero-order chi connectivity index (χ0) is 14.5. The van der Waals surface area contributed by atoms with E-state index in [0.717, 1.165) is 16.3 Å². The molecule has 0 amide bonds. The summed E-state index contributed by atoms with van der Waals surface area (Å²) < 4.78 is 5.28. The number of carbonyl (C=O) groups is 1. The minimum absolute atomic E-state index is 0.0872. The minimum Gasteiger partial charge on any atom is -0.496 e. The highest BCUT2D eigenvalue weighted by Gasteiger charge is 2.20. The van der Waals surface area contributed by atoms with Crippen LogP contribution in [0.4, 0.5) is 0 Å². The number of carboxylic acids is 1. The molecule has 0 saturated heterocycles. The lowest BCUT2D eigenvalue weighted by Gasteiger charge is -2.14. The number of methoxy groups -OCH3 is 1. The van der Waals surface area contributed by atoms with Crippen LogP contribution in [0.2, 0.25) is 0 Å². The predicted molar refractivity (Wildman–Crippen MR) is 74.8 cm³/mol. The zero-order valence-electron chi connectivity index (χ0n) is 10.9. The lowest BCUT2D eigenvalue weighted by atomic mass is 9.98. The topological polar surface area (TPSA) is 95.3 Å². The molecule has 0 aromatic heterocycles. The first-order valence-corrected chi connectivity index (χ1v) is 5.99. The van der Waals surface area contributed by atoms with E-state index in [1.807, 2.05) is 30.3 Å². The quantitative estimate of drug-likeness (QED) is 0.514. The Morgan fingerprint density at radius 1 is 1.40 bits per heavy atom. The summed E-state index contributed by atoms with van der Waals surface area (Å²) in [4.78, 5) is 13.7. The number of aliphatic carboxylic acids is 1. The van der Waals surface area contributed by atoms with Gasteiger partial charge in [-0.15, -0.1) is 0 Å². The Morgan fingerprint density at radius 2 is 2.15 bits per heavy atom. The van der Waals surface area contributed by atoms with Crippen LogP contribution in [0.5, 0.6) is 5.75 Å². The molecule has 0 unspecified atom stereocenters. The van der Waals surface area contributed by atoms with E-state index in [1.54, 1.807) is 6.07 Å². The van der Waals surface area contributed by atoms with E-state index in [4.69, 9.17) is 15.4 Å². The first-order chi connectivity index (χ1) is 9.67. The van der Waals surface area contributed by atoms with Gasteiger partial charge in [-0.05, 0) is 28.8 Å². The summed E-state index contributed by atoms with van der Waals surface area (Å²) in [6.07, 6.45) is 0.0872. The van der Waals surface area contributed by atoms with Gasteiger partial charge in [0.15, 0.2) is 0 Å². The maximum absolute atomic E-state index is 11.1. The molecule has 0 radical (unpaired) electrons. The Bertz CT molecular complexity index is 691. The van der Waals surface area contributed by atoms with Gasteiger partial charge in [0, 0.05) is 10.5 Å². The number of carboxylic acid groups (broad SMARTS) is 1. The monoisotopic (exact) mass is 271 g/mol. The van der Waals surface area contributed by atoms with E-state index < -0.39 is 12.0 Å². The van der Waals surface area contributed by atoms with Gasteiger partial charge in [0.2, 0.25) is 0 Å². The smallest absolute Gasteiger partial charge is 0.312 e. The Hall–Kier alpha value is -2.72. The highest BCUT2D eigenvalue weighted by Crippen LogP contribution is 2.29. The van der Waals surface area contributed by atoms with Crippen molar-refractivity contribution in [2.24, 2.45) is 5.11 Å². The second-order valence-corrected chi connectivity index (χ2v) is 4.23. The fourth-order valence-electron chi connectivity index (χ4n) is 2.15. The van der Waals surface area contributed by atoms with Gasteiger partial charge in [-0.1, -0.05) is 35.4 Å². The number of ether oxygens (including phenoxy) is 1. The first-order valence-electron chi connectivity index (χ1n) is 5.99. The van der Waals surface area contributed by atoms with Gasteiger partial charge in [0.1, 0.15) is 11.8 Å². The number of benzene rings is 2. The molecule has 0 heterocycles. The SMILES string of the molecule is COc1ccc2ccccc2c1C[C@H](N=[N+]=[N-])C(=O)O. The van der Waals surface area contributed by atoms with Crippen LogP contribution in [0.1, 0.15) is 5.56 Å². The Morgan fingerprint density at radius 3 is 2.80 bits per heavy atom. The summed E-state index contributed by atoms with van der Waals surface area (Å²) >= 11 is 0. The van der Waals surface area contributed by atoms with Crippen molar-refractivity contribution in [3.8, 4) is 5.75 Å². The summed E-state index contributed by atoms with van der Waals surface area (Å²) in [6, 6.07) is 10.1. The average Bonchev–Trinajstić information content (AvgIpc) is 2.46. The van der Waals surface area contributed by atoms with Crippen molar-refractivity contribution in [2.45, 2.75) is 12.5 Å². The van der Waals surface area contributed by atoms with Crippen molar-refractivity contribution in [3.05, 3.63) is 52.4 Å². The van der Waals surface area contributed by atoms with Gasteiger partial charge < -0.3 is 9.84 Å². The molecule has 0 saturated carbocycles. The predicted octanol–water partition coefficient (Wildman–Crippen LogP) is 3.15. The Labute approximate surface area is 115 Å². The van der Waals surface area contributed by atoms with Crippen molar-refractivity contribution in [2.75, 3.05) is 7.11 Å². The van der Waals surface area contributed by atoms with Crippen LogP contribution in [0.3, 0.4) is 0 Å². The fourth-order valence-corrected chi connectivity index (χ4v) is 2.15. The highest BCUT2D eigenvalue weighted by atomic mass is 16.5. The minimum atomic E-state index is -1.15. The van der Waals surface area contributed by atoms with Gasteiger partial charge >= 0.3 is 5.97 Å². The van der Waals surface area contributed by atoms with Crippen LogP contribution in [0.25, 0.3) is 21.2 Å². The molecule has 0 spiro atoms. The molecule has 20 heavy (non-hydrogen) atoms. The van der Waals surface area contributed by atoms with Crippen molar-refractivity contribution < 1.29 is 14.6 Å². The van der Waals surface area contributed by atoms with Crippen LogP contribution in [-0.4, -0.2) is 24.2 Å². The van der Waals surface area contributed by atoms with E-state index in [1.165, 1.54) is 7.11 Å². The third kappa shape index (κ3) is 2.65. The third-order valence-electron chi connectivity index (χ3n) is 3.09. The lowest BCUT2D eigenvalue weighted by Crippen LogP contribution is -2.20. The van der Waals surface area contributed by atoms with Gasteiger partial charge in [-0.3, -0.25) is 4.79 Å². The average molecular weight is 271 g/mol. The van der Waals surface area contributed by atoms with Crippen molar-refractivity contribution >= 4 is 16.7 Å². The number of nitrogens with zero attached hydrogens (tertiary/aromatic N) is 3. The molecular weight excluding hydrogens is 258 g/mol. The maximum atomic E-state index is 11.1. The van der Waals surface area contributed by atoms with Gasteiger partial charge in [0.05, 0.1) is 7.11 Å². The first kappa shape index (κ1) is 13.7. The Balaban J connectivity index is 2.55. The molecule has 0 aliphatic heterocycles. The number of hydrogen-bond donors (Lipinski definition) is 1. The molecule has 0 aliphatic rings. The Kier molecular flexibility index (Phi) is 4.08. The molecular formula is C14H13N3O3. The van der Waals surface area contributed by atoms with E-state index in [-0.39, 0.29) is 6.42 Å². The number of rotatable bonds is 5. The molecule has 6 nitrogen and oxygen atoms in total. The second-order valence-electron chi connectivity index (χ2n) is 4.23. The molecule has 2 aromatic rings. The van der Waals surface area contributed by atoms with Gasteiger partial charge in [0.25, 0.3) is 0 Å². The maximum Gasteiger partial charge on any atom is 0.312 e. The zero-order valence-corrected chi connectivity index (χ0v) is 10.9. The van der Waals surface area contributed by atoms with Crippen LogP contribution in [0.15, 0.2) is 41.5 Å². The lowest BCUT2D eigenvalue weighted by molar-refractivity contribution is -0.138. The largest absolute Gasteiger partial charge is 0.496 e. The standard InChI is InChI=1S/C14H13N3O3/c1-20-13-7-6-9-4-2-3-5-10(9)11(13)8-12(14(18)19)16-17-15/h2-7,12H,8H2,1H3,(H,18,19)/t12-/m0/s1. The van der Waals surface area contributed by atoms with Crippen LogP contribution >= 0.6 is 0 Å². The molecule has 6 heteroatoms. The molecule has 2 rings (SSSR count). The summed E-state index contributed by atoms with van der Waals surface area (Å²) in [5.41, 5.74) is 9.19. The number of hydrogen-bond acceptors (Lipinski definition) is 3. The summed E-state index contributed by atoms with van der Waals surface area (Å²) in [5, 5.41) is 14.3. The molecule has 0 aliphatic carbocycles. The second kappa shape index (κ2) is 5.95. The number of fused-ring (bicyclic) bond motifs is 1. The molecule has 0 bridgehead atoms. The summed E-state index contributed by atoms with van der Waals surface area (Å²) in [5.74, 6) is -0.569. The van der Waals surface area contributed by atoms with Crippen LogP contribution in [-0.2, 0) is 11.2 Å². The van der Waals surface area contributed by atoms with Gasteiger partial charge in [-0.2, -0.15) is 0 Å². The highest BCUT2D eigenvalue weighted by molar-refractivity contribution is 5.88. The molecule has 2 aromatic carbocycles. The molecule has 0 fully saturated rings. The van der Waals surface area contributed by atoms with Gasteiger partial charge in [-0.25, -0.2) is 0 Å². The van der Waals surface area contributed by atoms with Crippen molar-refractivity contribution in [3.63, 3.8) is 0 Å². The molecule has 1 N–H and O–H groups in total. The summed E-state index contributed by atoms with van der Waals surface area (Å²) in [7, 11) is 1.52. The van der Waals surface area contributed by atoms with E-state index in [9.17, 15) is 4.79 Å². The molecule has 102 valence electrons. The van der Waals surface area contributed by atoms with Crippen LogP contribution < -0.4 is 4.74 Å². The van der Waals surface area contributed by atoms with Crippen LogP contribution in [0, 0.1) is 0 Å². The van der Waals surface area contributed by atoms with Crippen molar-refractivity contribution in [1.82, 2.24) is 0 Å². The third-order valence-corrected chi connectivity index (χ3v) is 3.09. The van der Waals surface area contributed by atoms with E-state index >= 15 is 0 Å². The molecule has 1 atom stereocenters. The van der Waals surface area contributed by atoms with Crippen molar-refractivity contribution in [1.29, 1.82) is 0 Å². The van der Waals surface area contributed by atoms with E-state index in [2.05, 4.69) is 10.0 Å². The fraction of sp³-hybridized carbons (Fsp3) is 0.214. The number of azide groups is 1. The normalized spacial score (nSPS) is 11.7.